The van der Waals surface area contributed by atoms with Gasteiger partial charge in [-0.25, -0.2) is 4.39 Å². The fourth-order valence-corrected chi connectivity index (χ4v) is 2.05. The molecule has 14 heavy (non-hydrogen) atoms. The highest BCUT2D eigenvalue weighted by atomic mass is 19.1. The normalized spacial score (nSPS) is 17.6. The summed E-state index contributed by atoms with van der Waals surface area (Å²) in [6.45, 7) is 4.23. The first-order chi connectivity index (χ1) is 6.69. The van der Waals surface area contributed by atoms with E-state index in [2.05, 4.69) is 13.8 Å². The standard InChI is InChI=1S/C12H15FO/c1-3-12(4-2)8-9-7-10(13)5-6-11(9)14-12/h5-7H,3-4,8H2,1-2H3. The van der Waals surface area contributed by atoms with Crippen LogP contribution in [-0.2, 0) is 6.42 Å². The van der Waals surface area contributed by atoms with Gasteiger partial charge in [-0.15, -0.1) is 0 Å². The zero-order valence-electron chi connectivity index (χ0n) is 8.64. The van der Waals surface area contributed by atoms with E-state index >= 15 is 0 Å². The third kappa shape index (κ3) is 1.39. The molecule has 0 saturated carbocycles. The smallest absolute Gasteiger partial charge is 0.123 e. The van der Waals surface area contributed by atoms with Gasteiger partial charge in [-0.1, -0.05) is 13.8 Å². The van der Waals surface area contributed by atoms with Crippen LogP contribution < -0.4 is 4.74 Å². The molecule has 0 radical (unpaired) electrons. The minimum Gasteiger partial charge on any atom is -0.487 e. The summed E-state index contributed by atoms with van der Waals surface area (Å²) in [6.07, 6.45) is 2.78. The van der Waals surface area contributed by atoms with Crippen molar-refractivity contribution in [3.8, 4) is 5.75 Å². The maximum atomic E-state index is 13.0. The molecule has 1 heterocycles. The summed E-state index contributed by atoms with van der Waals surface area (Å²) in [7, 11) is 0. The van der Waals surface area contributed by atoms with Crippen molar-refractivity contribution in [2.45, 2.75) is 38.7 Å². The highest BCUT2D eigenvalue weighted by molar-refractivity contribution is 5.39. The molecule has 0 bridgehead atoms. The third-order valence-electron chi connectivity index (χ3n) is 3.15. The van der Waals surface area contributed by atoms with Crippen LogP contribution in [0.2, 0.25) is 0 Å². The molecule has 1 aromatic rings. The molecule has 0 saturated heterocycles. The largest absolute Gasteiger partial charge is 0.487 e. The number of ether oxygens (including phenoxy) is 1. The molecule has 0 unspecified atom stereocenters. The van der Waals surface area contributed by atoms with Crippen molar-refractivity contribution in [3.05, 3.63) is 29.6 Å². The van der Waals surface area contributed by atoms with Crippen LogP contribution in [-0.4, -0.2) is 5.60 Å². The second-order valence-electron chi connectivity index (χ2n) is 3.92. The van der Waals surface area contributed by atoms with Crippen molar-refractivity contribution in [2.75, 3.05) is 0 Å². The molecular weight excluding hydrogens is 179 g/mol. The molecule has 0 aliphatic carbocycles. The monoisotopic (exact) mass is 194 g/mol. The van der Waals surface area contributed by atoms with Gasteiger partial charge in [0.1, 0.15) is 17.2 Å². The fourth-order valence-electron chi connectivity index (χ4n) is 2.05. The van der Waals surface area contributed by atoms with Gasteiger partial charge in [-0.05, 0) is 31.0 Å². The summed E-state index contributed by atoms with van der Waals surface area (Å²) in [5, 5.41) is 0. The maximum absolute atomic E-state index is 13.0. The van der Waals surface area contributed by atoms with Crippen LogP contribution in [0.15, 0.2) is 18.2 Å². The van der Waals surface area contributed by atoms with E-state index in [1.54, 1.807) is 12.1 Å². The summed E-state index contributed by atoms with van der Waals surface area (Å²) >= 11 is 0. The molecule has 2 rings (SSSR count). The Morgan fingerprint density at radius 1 is 1.36 bits per heavy atom. The summed E-state index contributed by atoms with van der Waals surface area (Å²) < 4.78 is 18.8. The Morgan fingerprint density at radius 3 is 2.71 bits per heavy atom. The van der Waals surface area contributed by atoms with Gasteiger partial charge < -0.3 is 4.74 Å². The Hall–Kier alpha value is -1.05. The molecule has 1 aliphatic heterocycles. The Labute approximate surface area is 83.9 Å². The second kappa shape index (κ2) is 3.26. The molecule has 1 aromatic carbocycles. The predicted octanol–water partition coefficient (Wildman–Crippen LogP) is 3.32. The highest BCUT2D eigenvalue weighted by Crippen LogP contribution is 2.38. The summed E-state index contributed by atoms with van der Waals surface area (Å²) in [5.74, 6) is 0.686. The van der Waals surface area contributed by atoms with Crippen molar-refractivity contribution in [2.24, 2.45) is 0 Å². The van der Waals surface area contributed by atoms with Crippen molar-refractivity contribution >= 4 is 0 Å². The lowest BCUT2D eigenvalue weighted by Crippen LogP contribution is -2.32. The summed E-state index contributed by atoms with van der Waals surface area (Å²) in [4.78, 5) is 0. The van der Waals surface area contributed by atoms with E-state index in [1.807, 2.05) is 0 Å². The zero-order chi connectivity index (χ0) is 10.2. The first-order valence-corrected chi connectivity index (χ1v) is 5.16. The van der Waals surface area contributed by atoms with E-state index in [-0.39, 0.29) is 11.4 Å². The lowest BCUT2D eigenvalue weighted by atomic mass is 9.92. The number of hydrogen-bond donors (Lipinski definition) is 0. The van der Waals surface area contributed by atoms with E-state index in [0.717, 1.165) is 30.6 Å². The molecule has 0 N–H and O–H groups in total. The summed E-state index contributed by atoms with van der Waals surface area (Å²) in [6, 6.07) is 4.78. The Morgan fingerprint density at radius 2 is 2.07 bits per heavy atom. The molecule has 0 amide bonds. The number of rotatable bonds is 2. The van der Waals surface area contributed by atoms with Gasteiger partial charge in [0.05, 0.1) is 0 Å². The molecule has 1 nitrogen and oxygen atoms in total. The third-order valence-corrected chi connectivity index (χ3v) is 3.15. The van der Waals surface area contributed by atoms with Gasteiger partial charge >= 0.3 is 0 Å². The molecule has 0 atom stereocenters. The van der Waals surface area contributed by atoms with Crippen molar-refractivity contribution in [1.82, 2.24) is 0 Å². The van der Waals surface area contributed by atoms with E-state index in [0.29, 0.717) is 0 Å². The van der Waals surface area contributed by atoms with E-state index < -0.39 is 0 Å². The highest BCUT2D eigenvalue weighted by Gasteiger charge is 2.35. The lowest BCUT2D eigenvalue weighted by molar-refractivity contribution is 0.0858. The number of hydrogen-bond acceptors (Lipinski definition) is 1. The van der Waals surface area contributed by atoms with Gasteiger partial charge in [0.25, 0.3) is 0 Å². The Balaban J connectivity index is 2.33. The molecule has 0 fully saturated rings. The Bertz CT molecular complexity index is 342. The van der Waals surface area contributed by atoms with Crippen LogP contribution in [0.5, 0.6) is 5.75 Å². The number of benzene rings is 1. The molecule has 0 aromatic heterocycles. The van der Waals surface area contributed by atoms with Crippen LogP contribution in [0.1, 0.15) is 32.3 Å². The van der Waals surface area contributed by atoms with Gasteiger partial charge in [-0.3, -0.25) is 0 Å². The van der Waals surface area contributed by atoms with Crippen LogP contribution >= 0.6 is 0 Å². The fraction of sp³-hybridized carbons (Fsp3) is 0.500. The Kier molecular flexibility index (Phi) is 2.22. The zero-order valence-corrected chi connectivity index (χ0v) is 8.64. The topological polar surface area (TPSA) is 9.23 Å². The molecule has 0 spiro atoms. The van der Waals surface area contributed by atoms with Gasteiger partial charge in [0.15, 0.2) is 0 Å². The van der Waals surface area contributed by atoms with E-state index in [4.69, 9.17) is 4.74 Å². The first kappa shape index (κ1) is 9.50. The quantitative estimate of drug-likeness (QED) is 0.701. The van der Waals surface area contributed by atoms with Crippen molar-refractivity contribution in [3.63, 3.8) is 0 Å². The molecule has 1 aliphatic rings. The second-order valence-corrected chi connectivity index (χ2v) is 3.92. The van der Waals surface area contributed by atoms with E-state index in [1.165, 1.54) is 6.07 Å². The minimum atomic E-state index is -0.171. The van der Waals surface area contributed by atoms with Crippen molar-refractivity contribution in [1.29, 1.82) is 0 Å². The van der Waals surface area contributed by atoms with Crippen LogP contribution in [0.4, 0.5) is 4.39 Å². The molecular formula is C12H15FO. The van der Waals surface area contributed by atoms with Gasteiger partial charge in [-0.2, -0.15) is 0 Å². The first-order valence-electron chi connectivity index (χ1n) is 5.16. The predicted molar refractivity (Wildman–Crippen MR) is 54.0 cm³/mol. The van der Waals surface area contributed by atoms with Crippen molar-refractivity contribution < 1.29 is 9.13 Å². The number of fused-ring (bicyclic) bond motifs is 1. The van der Waals surface area contributed by atoms with Crippen LogP contribution in [0.3, 0.4) is 0 Å². The number of halogens is 1. The average molecular weight is 194 g/mol. The van der Waals surface area contributed by atoms with Crippen LogP contribution in [0.25, 0.3) is 0 Å². The van der Waals surface area contributed by atoms with Gasteiger partial charge in [0.2, 0.25) is 0 Å². The average Bonchev–Trinajstić information content (AvgIpc) is 2.56. The van der Waals surface area contributed by atoms with E-state index in [9.17, 15) is 4.39 Å². The van der Waals surface area contributed by atoms with Gasteiger partial charge in [0, 0.05) is 12.0 Å². The summed E-state index contributed by atoms with van der Waals surface area (Å²) in [5.41, 5.74) is 0.921. The van der Waals surface area contributed by atoms with Crippen LogP contribution in [0, 0.1) is 5.82 Å². The molecule has 2 heteroatoms. The SMILES string of the molecule is CCC1(CC)Cc2cc(F)ccc2O1. The maximum Gasteiger partial charge on any atom is 0.123 e. The molecule has 76 valence electrons. The minimum absolute atomic E-state index is 0.0872. The lowest BCUT2D eigenvalue weighted by Gasteiger charge is -2.25.